The Balaban J connectivity index is 1.33. The van der Waals surface area contributed by atoms with Gasteiger partial charge in [0.05, 0.1) is 18.2 Å². The van der Waals surface area contributed by atoms with Crippen molar-refractivity contribution in [1.82, 2.24) is 0 Å². The molecule has 0 bridgehead atoms. The van der Waals surface area contributed by atoms with Crippen LogP contribution >= 0.6 is 0 Å². The van der Waals surface area contributed by atoms with Crippen LogP contribution in [0.25, 0.3) is 0 Å². The number of anilines is 1. The maximum Gasteiger partial charge on any atom is 0.338 e. The number of rotatable bonds is 6. The summed E-state index contributed by atoms with van der Waals surface area (Å²) in [5.74, 6) is 1.31. The van der Waals surface area contributed by atoms with Gasteiger partial charge in [-0.1, -0.05) is 54.1 Å². The number of carbonyl (C=O) groups excluding carboxylic acids is 1. The molecule has 1 N–H and O–H groups in total. The fourth-order valence-corrected chi connectivity index (χ4v) is 4.89. The summed E-state index contributed by atoms with van der Waals surface area (Å²) in [6.07, 6.45) is 5.55. The van der Waals surface area contributed by atoms with E-state index in [0.717, 1.165) is 23.4 Å². The van der Waals surface area contributed by atoms with Crippen molar-refractivity contribution in [1.29, 1.82) is 0 Å². The van der Waals surface area contributed by atoms with Gasteiger partial charge in [0.2, 0.25) is 0 Å². The fraction of sp³-hybridized carbons (Fsp3) is 0.276. The predicted molar refractivity (Wildman–Crippen MR) is 131 cm³/mol. The number of fused-ring (bicyclic) bond motifs is 3. The van der Waals surface area contributed by atoms with Crippen molar-refractivity contribution in [2.45, 2.75) is 38.8 Å². The summed E-state index contributed by atoms with van der Waals surface area (Å²) >= 11 is 0. The summed E-state index contributed by atoms with van der Waals surface area (Å²) in [6.45, 7) is 4.86. The Morgan fingerprint density at radius 1 is 1.03 bits per heavy atom. The van der Waals surface area contributed by atoms with Crippen LogP contribution in [-0.4, -0.2) is 12.6 Å². The third kappa shape index (κ3) is 4.38. The van der Waals surface area contributed by atoms with Crippen LogP contribution < -0.4 is 10.1 Å². The Hall–Kier alpha value is -3.53. The normalized spacial score (nSPS) is 20.5. The Labute approximate surface area is 195 Å². The molecule has 0 saturated heterocycles. The number of ether oxygens (including phenoxy) is 2. The van der Waals surface area contributed by atoms with Crippen LogP contribution in [0.2, 0.25) is 0 Å². The first kappa shape index (κ1) is 21.3. The molecular formula is C29H29NO3. The van der Waals surface area contributed by atoms with Gasteiger partial charge < -0.3 is 14.8 Å². The zero-order chi connectivity index (χ0) is 22.8. The van der Waals surface area contributed by atoms with Gasteiger partial charge in [-0.25, -0.2) is 4.79 Å². The molecule has 1 heterocycles. The van der Waals surface area contributed by atoms with Crippen molar-refractivity contribution in [3.8, 4) is 5.75 Å². The first-order valence-electron chi connectivity index (χ1n) is 11.6. The van der Waals surface area contributed by atoms with Crippen LogP contribution in [0.15, 0.2) is 78.9 Å². The Morgan fingerprint density at radius 2 is 1.82 bits per heavy atom. The minimum Gasteiger partial charge on any atom is -0.489 e. The van der Waals surface area contributed by atoms with E-state index >= 15 is 0 Å². The molecule has 4 heteroatoms. The van der Waals surface area contributed by atoms with E-state index < -0.39 is 0 Å². The summed E-state index contributed by atoms with van der Waals surface area (Å²) in [7, 11) is 0. The van der Waals surface area contributed by atoms with Gasteiger partial charge in [0, 0.05) is 11.6 Å². The molecule has 5 rings (SSSR count). The molecule has 0 amide bonds. The molecule has 3 atom stereocenters. The average molecular weight is 440 g/mol. The van der Waals surface area contributed by atoms with Crippen LogP contribution in [0.1, 0.15) is 57.9 Å². The van der Waals surface area contributed by atoms with Crippen LogP contribution in [0.5, 0.6) is 5.75 Å². The lowest BCUT2D eigenvalue weighted by Crippen LogP contribution is -2.29. The second kappa shape index (κ2) is 9.14. The molecule has 4 nitrogen and oxygen atoms in total. The van der Waals surface area contributed by atoms with E-state index in [-0.39, 0.29) is 17.9 Å². The molecule has 0 spiro atoms. The second-order valence-electron chi connectivity index (χ2n) is 8.84. The van der Waals surface area contributed by atoms with Gasteiger partial charge >= 0.3 is 5.97 Å². The number of hydrogen-bond acceptors (Lipinski definition) is 4. The van der Waals surface area contributed by atoms with Gasteiger partial charge in [-0.3, -0.25) is 0 Å². The van der Waals surface area contributed by atoms with E-state index in [1.807, 2.05) is 25.1 Å². The molecule has 33 heavy (non-hydrogen) atoms. The minimum absolute atomic E-state index is 0.206. The maximum absolute atomic E-state index is 12.2. The summed E-state index contributed by atoms with van der Waals surface area (Å²) in [4.78, 5) is 12.2. The monoisotopic (exact) mass is 439 g/mol. The Morgan fingerprint density at radius 3 is 2.58 bits per heavy atom. The lowest BCUT2D eigenvalue weighted by molar-refractivity contribution is 0.0526. The van der Waals surface area contributed by atoms with Gasteiger partial charge in [0.25, 0.3) is 0 Å². The third-order valence-electron chi connectivity index (χ3n) is 6.64. The molecule has 168 valence electrons. The molecule has 3 aromatic rings. The second-order valence-corrected chi connectivity index (χ2v) is 8.84. The minimum atomic E-state index is -0.262. The molecule has 0 unspecified atom stereocenters. The number of benzene rings is 3. The van der Waals surface area contributed by atoms with Gasteiger partial charge in [-0.2, -0.15) is 0 Å². The molecule has 1 aliphatic heterocycles. The van der Waals surface area contributed by atoms with Crippen molar-refractivity contribution < 1.29 is 14.3 Å². The predicted octanol–water partition coefficient (Wildman–Crippen LogP) is 6.58. The van der Waals surface area contributed by atoms with Crippen LogP contribution in [0.4, 0.5) is 5.69 Å². The van der Waals surface area contributed by atoms with Gasteiger partial charge in [0.15, 0.2) is 0 Å². The lowest BCUT2D eigenvalue weighted by Gasteiger charge is -2.37. The van der Waals surface area contributed by atoms with E-state index in [9.17, 15) is 4.79 Å². The lowest BCUT2D eigenvalue weighted by atomic mass is 9.76. The fourth-order valence-electron chi connectivity index (χ4n) is 4.89. The number of carbonyl (C=O) groups is 1. The number of hydrogen-bond donors (Lipinski definition) is 1. The largest absolute Gasteiger partial charge is 0.489 e. The highest BCUT2D eigenvalue weighted by Crippen LogP contribution is 2.50. The molecule has 0 saturated carbocycles. The van der Waals surface area contributed by atoms with Crippen LogP contribution in [-0.2, 0) is 11.3 Å². The first-order valence-corrected chi connectivity index (χ1v) is 11.6. The number of nitrogens with one attached hydrogen (secondary N) is 1. The highest BCUT2D eigenvalue weighted by Gasteiger charge is 2.38. The maximum atomic E-state index is 12.2. The zero-order valence-corrected chi connectivity index (χ0v) is 19.1. The molecule has 0 aromatic heterocycles. The summed E-state index contributed by atoms with van der Waals surface area (Å²) in [5, 5.41) is 3.73. The number of aryl methyl sites for hydroxylation is 1. The summed E-state index contributed by atoms with van der Waals surface area (Å²) < 4.78 is 11.2. The zero-order valence-electron chi connectivity index (χ0n) is 19.1. The van der Waals surface area contributed by atoms with Crippen LogP contribution in [0, 0.1) is 12.8 Å². The number of allylic oxidation sites excluding steroid dienone is 2. The summed E-state index contributed by atoms with van der Waals surface area (Å²) in [6, 6.07) is 22.9. The van der Waals surface area contributed by atoms with E-state index in [1.54, 1.807) is 0 Å². The van der Waals surface area contributed by atoms with Gasteiger partial charge in [-0.15, -0.1) is 0 Å². The van der Waals surface area contributed by atoms with Gasteiger partial charge in [0.1, 0.15) is 12.4 Å². The highest BCUT2D eigenvalue weighted by molar-refractivity contribution is 5.90. The molecule has 0 fully saturated rings. The molecule has 2 aliphatic rings. The molecule has 1 aliphatic carbocycles. The quantitative estimate of drug-likeness (QED) is 0.348. The Kier molecular flexibility index (Phi) is 5.91. The van der Waals surface area contributed by atoms with Crippen molar-refractivity contribution in [3.63, 3.8) is 0 Å². The topological polar surface area (TPSA) is 47.6 Å². The van der Waals surface area contributed by atoms with E-state index in [4.69, 9.17) is 9.47 Å². The van der Waals surface area contributed by atoms with E-state index in [1.165, 1.54) is 16.7 Å². The Bertz CT molecular complexity index is 1160. The molecular weight excluding hydrogens is 410 g/mol. The van der Waals surface area contributed by atoms with Crippen molar-refractivity contribution in [3.05, 3.63) is 107 Å². The van der Waals surface area contributed by atoms with E-state index in [0.29, 0.717) is 24.7 Å². The van der Waals surface area contributed by atoms with Crippen molar-refractivity contribution >= 4 is 11.7 Å². The van der Waals surface area contributed by atoms with Crippen molar-refractivity contribution in [2.24, 2.45) is 5.92 Å². The molecule has 3 aromatic carbocycles. The standard InChI is InChI=1S/C29H29NO3/c1-3-32-29(31)22-13-16-27-26(17-22)24-5-4-6-25(24)28(30-27)21-11-14-23(15-12-21)33-18-20-9-7-19(2)8-10-20/h4-5,7-17,24-25,28,30H,3,6,18H2,1-2H3/t24-,25+,28+/m1/s1. The number of esters is 1. The SMILES string of the molecule is CCOC(=O)c1ccc2c(c1)[C@@H]1C=CC[C@@H]1[C@H](c1ccc(OCc3ccc(C)cc3)cc1)N2. The highest BCUT2D eigenvalue weighted by atomic mass is 16.5. The third-order valence-corrected chi connectivity index (χ3v) is 6.64. The van der Waals surface area contributed by atoms with Crippen LogP contribution in [0.3, 0.4) is 0 Å². The van der Waals surface area contributed by atoms with E-state index in [2.05, 4.69) is 72.9 Å². The smallest absolute Gasteiger partial charge is 0.338 e. The average Bonchev–Trinajstić information content (AvgIpc) is 3.34. The first-order chi connectivity index (χ1) is 16.1. The summed E-state index contributed by atoms with van der Waals surface area (Å²) in [5.41, 5.74) is 6.54. The van der Waals surface area contributed by atoms with Crippen molar-refractivity contribution in [2.75, 3.05) is 11.9 Å². The molecule has 0 radical (unpaired) electrons. The van der Waals surface area contributed by atoms with Gasteiger partial charge in [-0.05, 0) is 73.2 Å².